The first kappa shape index (κ1) is 14.7. The van der Waals surface area contributed by atoms with Crippen LogP contribution in [0.15, 0.2) is 18.2 Å². The molecule has 1 aromatic carbocycles. The second kappa shape index (κ2) is 7.14. The maximum absolute atomic E-state index is 12.0. The highest BCUT2D eigenvalue weighted by molar-refractivity contribution is 5.91. The fourth-order valence-corrected chi connectivity index (χ4v) is 2.32. The summed E-state index contributed by atoms with van der Waals surface area (Å²) in [4.78, 5) is 12.0. The average molecular weight is 278 g/mol. The first-order valence-corrected chi connectivity index (χ1v) is 6.97. The average Bonchev–Trinajstić information content (AvgIpc) is 2.48. The highest BCUT2D eigenvalue weighted by atomic mass is 16.5. The zero-order valence-electron chi connectivity index (χ0n) is 12.1. The minimum absolute atomic E-state index is 0.191. The molecule has 1 fully saturated rings. The van der Waals surface area contributed by atoms with Crippen LogP contribution < -0.4 is 15.4 Å². The molecule has 0 spiro atoms. The first-order valence-electron chi connectivity index (χ1n) is 6.97. The molecule has 0 radical (unpaired) electrons. The summed E-state index contributed by atoms with van der Waals surface area (Å²) in [6, 6.07) is 5.49. The number of carbonyl (C=O) groups is 1. The van der Waals surface area contributed by atoms with Crippen molar-refractivity contribution in [2.24, 2.45) is 5.92 Å². The number of hydrogen-bond acceptors (Lipinski definition) is 3. The summed E-state index contributed by atoms with van der Waals surface area (Å²) >= 11 is 0. The Balaban J connectivity index is 1.88. The Bertz CT molecular complexity index is 456. The third-order valence-electron chi connectivity index (χ3n) is 3.59. The van der Waals surface area contributed by atoms with Crippen molar-refractivity contribution in [3.05, 3.63) is 23.8 Å². The van der Waals surface area contributed by atoms with E-state index >= 15 is 0 Å². The maximum Gasteiger partial charge on any atom is 0.319 e. The Labute approximate surface area is 119 Å². The number of ether oxygens (including phenoxy) is 2. The number of anilines is 1. The third-order valence-corrected chi connectivity index (χ3v) is 3.59. The lowest BCUT2D eigenvalue weighted by atomic mass is 10.0. The van der Waals surface area contributed by atoms with Gasteiger partial charge in [-0.1, -0.05) is 12.1 Å². The van der Waals surface area contributed by atoms with Gasteiger partial charge in [0.1, 0.15) is 5.75 Å². The molecule has 1 aliphatic heterocycles. The molecular weight excluding hydrogens is 256 g/mol. The van der Waals surface area contributed by atoms with Gasteiger partial charge >= 0.3 is 6.03 Å². The minimum atomic E-state index is -0.191. The van der Waals surface area contributed by atoms with Crippen LogP contribution in [-0.2, 0) is 4.74 Å². The smallest absolute Gasteiger partial charge is 0.319 e. The number of aryl methyl sites for hydroxylation is 1. The summed E-state index contributed by atoms with van der Waals surface area (Å²) < 4.78 is 10.6. The van der Waals surface area contributed by atoms with Gasteiger partial charge in [0.25, 0.3) is 0 Å². The van der Waals surface area contributed by atoms with Crippen molar-refractivity contribution >= 4 is 11.7 Å². The van der Waals surface area contributed by atoms with Crippen LogP contribution in [-0.4, -0.2) is 32.9 Å². The van der Waals surface area contributed by atoms with E-state index in [2.05, 4.69) is 10.6 Å². The van der Waals surface area contributed by atoms with E-state index in [0.717, 1.165) is 37.3 Å². The summed E-state index contributed by atoms with van der Waals surface area (Å²) in [5.74, 6) is 1.18. The van der Waals surface area contributed by atoms with Gasteiger partial charge in [-0.05, 0) is 37.3 Å². The summed E-state index contributed by atoms with van der Waals surface area (Å²) in [6.45, 7) is 4.21. The van der Waals surface area contributed by atoms with E-state index in [1.165, 1.54) is 0 Å². The van der Waals surface area contributed by atoms with Crippen LogP contribution in [0.4, 0.5) is 10.5 Å². The van der Waals surface area contributed by atoms with Crippen molar-refractivity contribution in [3.8, 4) is 5.75 Å². The molecule has 0 bridgehead atoms. The van der Waals surface area contributed by atoms with E-state index in [9.17, 15) is 4.79 Å². The highest BCUT2D eigenvalue weighted by Crippen LogP contribution is 2.27. The molecule has 2 N–H and O–H groups in total. The number of urea groups is 1. The van der Waals surface area contributed by atoms with Crippen LogP contribution in [0.25, 0.3) is 0 Å². The van der Waals surface area contributed by atoms with Crippen LogP contribution in [0, 0.1) is 12.8 Å². The third kappa shape index (κ3) is 3.87. The zero-order valence-corrected chi connectivity index (χ0v) is 12.1. The topological polar surface area (TPSA) is 59.6 Å². The van der Waals surface area contributed by atoms with Crippen LogP contribution in [0.5, 0.6) is 5.75 Å². The van der Waals surface area contributed by atoms with Crippen molar-refractivity contribution in [2.45, 2.75) is 19.8 Å². The van der Waals surface area contributed by atoms with Gasteiger partial charge in [-0.3, -0.25) is 0 Å². The van der Waals surface area contributed by atoms with Gasteiger partial charge in [0.2, 0.25) is 0 Å². The number of amides is 2. The largest absolute Gasteiger partial charge is 0.495 e. The van der Waals surface area contributed by atoms with Crippen LogP contribution in [0.3, 0.4) is 0 Å². The van der Waals surface area contributed by atoms with Crippen molar-refractivity contribution in [1.29, 1.82) is 0 Å². The van der Waals surface area contributed by atoms with E-state index in [4.69, 9.17) is 9.47 Å². The summed E-state index contributed by atoms with van der Waals surface area (Å²) in [5.41, 5.74) is 1.70. The van der Waals surface area contributed by atoms with E-state index in [-0.39, 0.29) is 6.03 Å². The fraction of sp³-hybridized carbons (Fsp3) is 0.533. The Morgan fingerprint density at radius 1 is 1.40 bits per heavy atom. The molecule has 20 heavy (non-hydrogen) atoms. The molecule has 110 valence electrons. The summed E-state index contributed by atoms with van der Waals surface area (Å²) in [5, 5.41) is 5.78. The lowest BCUT2D eigenvalue weighted by molar-refractivity contribution is 0.0671. The number of nitrogens with one attached hydrogen (secondary N) is 2. The molecule has 5 heteroatoms. The SMILES string of the molecule is COc1cccc(C)c1NC(=O)NCC1CCOCC1. The van der Waals surface area contributed by atoms with Gasteiger partial charge in [-0.15, -0.1) is 0 Å². The van der Waals surface area contributed by atoms with E-state index in [1.54, 1.807) is 7.11 Å². The quantitative estimate of drug-likeness (QED) is 0.890. The van der Waals surface area contributed by atoms with Crippen LogP contribution in [0.2, 0.25) is 0 Å². The van der Waals surface area contributed by atoms with Crippen LogP contribution >= 0.6 is 0 Å². The van der Waals surface area contributed by atoms with Gasteiger partial charge in [0.15, 0.2) is 0 Å². The number of para-hydroxylation sites is 1. The fourth-order valence-electron chi connectivity index (χ4n) is 2.32. The molecule has 0 saturated carbocycles. The van der Waals surface area contributed by atoms with Gasteiger partial charge in [-0.25, -0.2) is 4.79 Å². The molecule has 1 heterocycles. The van der Waals surface area contributed by atoms with Crippen molar-refractivity contribution in [3.63, 3.8) is 0 Å². The van der Waals surface area contributed by atoms with E-state index in [0.29, 0.717) is 18.2 Å². The van der Waals surface area contributed by atoms with E-state index < -0.39 is 0 Å². The molecule has 0 atom stereocenters. The summed E-state index contributed by atoms with van der Waals surface area (Å²) in [6.07, 6.45) is 2.02. The monoisotopic (exact) mass is 278 g/mol. The number of rotatable bonds is 4. The van der Waals surface area contributed by atoms with Gasteiger partial charge in [-0.2, -0.15) is 0 Å². The minimum Gasteiger partial charge on any atom is -0.495 e. The summed E-state index contributed by atoms with van der Waals surface area (Å²) in [7, 11) is 1.60. The molecule has 0 aromatic heterocycles. The first-order chi connectivity index (χ1) is 9.70. The molecule has 1 saturated heterocycles. The van der Waals surface area contributed by atoms with Crippen molar-refractivity contribution < 1.29 is 14.3 Å². The maximum atomic E-state index is 12.0. The van der Waals surface area contributed by atoms with Crippen molar-refractivity contribution in [1.82, 2.24) is 5.32 Å². The Morgan fingerprint density at radius 3 is 2.85 bits per heavy atom. The highest BCUT2D eigenvalue weighted by Gasteiger charge is 2.15. The molecule has 1 aliphatic rings. The lowest BCUT2D eigenvalue weighted by Gasteiger charge is -2.22. The molecule has 2 amide bonds. The Hall–Kier alpha value is -1.75. The number of benzene rings is 1. The van der Waals surface area contributed by atoms with Gasteiger partial charge in [0, 0.05) is 19.8 Å². The van der Waals surface area contributed by atoms with Gasteiger partial charge < -0.3 is 20.1 Å². The second-order valence-corrected chi connectivity index (χ2v) is 5.04. The number of methoxy groups -OCH3 is 1. The number of carbonyl (C=O) groups excluding carboxylic acids is 1. The normalized spacial score (nSPS) is 15.7. The van der Waals surface area contributed by atoms with Gasteiger partial charge in [0.05, 0.1) is 12.8 Å². The lowest BCUT2D eigenvalue weighted by Crippen LogP contribution is -2.35. The Kier molecular flexibility index (Phi) is 5.24. The molecule has 2 rings (SSSR count). The standard InChI is InChI=1S/C15H22N2O3/c1-11-4-3-5-13(19-2)14(11)17-15(18)16-10-12-6-8-20-9-7-12/h3-5,12H,6-10H2,1-2H3,(H2,16,17,18). The van der Waals surface area contributed by atoms with Crippen LogP contribution in [0.1, 0.15) is 18.4 Å². The van der Waals surface area contributed by atoms with E-state index in [1.807, 2.05) is 25.1 Å². The molecule has 1 aromatic rings. The molecule has 0 unspecified atom stereocenters. The second-order valence-electron chi connectivity index (χ2n) is 5.04. The zero-order chi connectivity index (χ0) is 14.4. The molecular formula is C15H22N2O3. The predicted octanol–water partition coefficient (Wildman–Crippen LogP) is 2.55. The number of hydrogen-bond donors (Lipinski definition) is 2. The molecule has 5 nitrogen and oxygen atoms in total. The Morgan fingerprint density at radius 2 is 2.15 bits per heavy atom. The molecule has 0 aliphatic carbocycles. The van der Waals surface area contributed by atoms with Crippen molar-refractivity contribution in [2.75, 3.05) is 32.2 Å². The predicted molar refractivity (Wildman–Crippen MR) is 78.3 cm³/mol.